The molecule has 0 aliphatic carbocycles. The Balaban J connectivity index is 2.22. The average Bonchev–Trinajstić information content (AvgIpc) is 3.42. The number of hydrogen-bond donors (Lipinski definition) is 3. The maximum Gasteiger partial charge on any atom is 0.229 e. The Morgan fingerprint density at radius 2 is 0.347 bits per heavy atom. The van der Waals surface area contributed by atoms with Crippen LogP contribution in [0.25, 0.3) is 0 Å². The van der Waals surface area contributed by atoms with E-state index < -0.39 is 0 Å². The van der Waals surface area contributed by atoms with Gasteiger partial charge in [-0.15, -0.1) is 0 Å². The molecule has 1 aromatic rings. The van der Waals surface area contributed by atoms with Crippen molar-refractivity contribution in [2.45, 2.75) is 348 Å². The van der Waals surface area contributed by atoms with E-state index in [2.05, 4.69) is 36.7 Å². The second-order valence-corrected chi connectivity index (χ2v) is 22.9. The van der Waals surface area contributed by atoms with E-state index in [0.29, 0.717) is 17.8 Å². The van der Waals surface area contributed by atoms with Crippen LogP contribution in [-0.4, -0.2) is 74.2 Å². The minimum atomic E-state index is 0.604. The zero-order valence-corrected chi connectivity index (χ0v) is 51.0. The van der Waals surface area contributed by atoms with Crippen LogP contribution in [0.15, 0.2) is 0 Å². The Morgan fingerprint density at radius 1 is 0.200 bits per heavy atom. The first-order chi connectivity index (χ1) is 37.3. The van der Waals surface area contributed by atoms with Crippen LogP contribution in [0, 0.1) is 0 Å². The van der Waals surface area contributed by atoms with Crippen molar-refractivity contribution in [2.24, 2.45) is 0 Å². The Morgan fingerprint density at radius 3 is 0.520 bits per heavy atom. The van der Waals surface area contributed by atoms with Crippen LogP contribution in [0.1, 0.15) is 348 Å². The first-order valence-electron chi connectivity index (χ1n) is 34.0. The van der Waals surface area contributed by atoms with Crippen LogP contribution in [0.3, 0.4) is 0 Å². The fourth-order valence-corrected chi connectivity index (χ4v) is 10.3. The van der Waals surface area contributed by atoms with Gasteiger partial charge in [0.05, 0.1) is 0 Å². The van der Waals surface area contributed by atoms with Gasteiger partial charge in [0.15, 0.2) is 0 Å². The van der Waals surface area contributed by atoms with Crippen molar-refractivity contribution in [1.29, 1.82) is 0 Å². The zero-order chi connectivity index (χ0) is 53.5. The average molecular weight is 1060 g/mol. The smallest absolute Gasteiger partial charge is 0.229 e. The van der Waals surface area contributed by atoms with Gasteiger partial charge in [-0.3, -0.25) is 0 Å². The SMILES string of the molecule is CCCCCCCCCCCCCCCCCCOCCCNc1nc(NCCCOCCCCCCCCCCCCCCCCCC)nc(NCCCOCCCCCCCCCCCCCCCCCC)n1. The number of aromatic nitrogens is 3. The maximum absolute atomic E-state index is 6.00. The minimum absolute atomic E-state index is 0.604. The van der Waals surface area contributed by atoms with Crippen molar-refractivity contribution in [1.82, 2.24) is 15.0 Å². The lowest BCUT2D eigenvalue weighted by atomic mass is 10.0. The first kappa shape index (κ1) is 71.3. The molecule has 0 atom stereocenters. The van der Waals surface area contributed by atoms with E-state index in [1.807, 2.05) is 0 Å². The summed E-state index contributed by atoms with van der Waals surface area (Å²) in [5.74, 6) is 1.81. The summed E-state index contributed by atoms with van der Waals surface area (Å²) in [6.07, 6.45) is 69.6. The molecule has 0 saturated heterocycles. The summed E-state index contributed by atoms with van der Waals surface area (Å²) < 4.78 is 18.0. The standard InChI is InChI=1S/C66H132N6O3/c1-4-7-10-13-16-19-22-25-28-31-34-37-40-43-46-49-58-73-61-52-55-67-64-70-65(68-56-53-62-74-59-50-47-44-41-38-35-32-29-26-23-20-17-14-11-8-5-2)72-66(71-64)69-57-54-63-75-60-51-48-45-42-39-36-33-30-27-24-21-18-15-12-9-6-3/h4-63H2,1-3H3,(H3,67,68,69,70,71,72). The quantitative estimate of drug-likeness (QED) is 0.0551. The van der Waals surface area contributed by atoms with Crippen molar-refractivity contribution in [3.8, 4) is 0 Å². The van der Waals surface area contributed by atoms with Gasteiger partial charge in [-0.1, -0.05) is 310 Å². The van der Waals surface area contributed by atoms with E-state index in [4.69, 9.17) is 29.2 Å². The van der Waals surface area contributed by atoms with Crippen molar-refractivity contribution >= 4 is 17.8 Å². The van der Waals surface area contributed by atoms with E-state index in [-0.39, 0.29) is 0 Å². The normalized spacial score (nSPS) is 11.6. The molecule has 1 aromatic heterocycles. The Hall–Kier alpha value is -1.71. The molecule has 0 unspecified atom stereocenters. The van der Waals surface area contributed by atoms with Crippen molar-refractivity contribution in [3.05, 3.63) is 0 Å². The highest BCUT2D eigenvalue weighted by atomic mass is 16.5. The number of rotatable bonds is 66. The lowest BCUT2D eigenvalue weighted by Crippen LogP contribution is -2.16. The van der Waals surface area contributed by atoms with Gasteiger partial charge in [0.25, 0.3) is 0 Å². The molecule has 0 bridgehead atoms. The molecule has 0 radical (unpaired) electrons. The van der Waals surface area contributed by atoms with E-state index in [1.165, 1.54) is 308 Å². The van der Waals surface area contributed by atoms with Crippen molar-refractivity contribution in [2.75, 3.05) is 75.2 Å². The van der Waals surface area contributed by atoms with Gasteiger partial charge >= 0.3 is 0 Å². The molecule has 1 heterocycles. The van der Waals surface area contributed by atoms with Gasteiger partial charge in [0.1, 0.15) is 0 Å². The zero-order valence-electron chi connectivity index (χ0n) is 51.0. The first-order valence-corrected chi connectivity index (χ1v) is 34.0. The molecule has 444 valence electrons. The molecule has 0 spiro atoms. The van der Waals surface area contributed by atoms with E-state index in [1.54, 1.807) is 0 Å². The lowest BCUT2D eigenvalue weighted by molar-refractivity contribution is 0.129. The Bertz CT molecular complexity index is 1060. The van der Waals surface area contributed by atoms with Crippen LogP contribution in [0.4, 0.5) is 17.8 Å². The third-order valence-electron chi connectivity index (χ3n) is 15.3. The molecule has 0 amide bonds. The third kappa shape index (κ3) is 56.8. The summed E-state index contributed by atoms with van der Waals surface area (Å²) in [4.78, 5) is 14.2. The predicted octanol–water partition coefficient (Wildman–Crippen LogP) is 21.1. The van der Waals surface area contributed by atoms with Crippen LogP contribution >= 0.6 is 0 Å². The monoisotopic (exact) mass is 1060 g/mol. The highest BCUT2D eigenvalue weighted by Gasteiger charge is 2.07. The molecule has 9 nitrogen and oxygen atoms in total. The fourth-order valence-electron chi connectivity index (χ4n) is 10.3. The predicted molar refractivity (Wildman–Crippen MR) is 330 cm³/mol. The molecular weight excluding hydrogens is 925 g/mol. The van der Waals surface area contributed by atoms with Crippen molar-refractivity contribution in [3.63, 3.8) is 0 Å². The van der Waals surface area contributed by atoms with Gasteiger partial charge in [-0.2, -0.15) is 15.0 Å². The fraction of sp³-hybridized carbons (Fsp3) is 0.955. The van der Waals surface area contributed by atoms with E-state index in [0.717, 1.165) is 78.5 Å². The molecule has 75 heavy (non-hydrogen) atoms. The number of anilines is 3. The van der Waals surface area contributed by atoms with Gasteiger partial charge in [0, 0.05) is 59.3 Å². The molecule has 0 fully saturated rings. The minimum Gasteiger partial charge on any atom is -0.381 e. The summed E-state index contributed by atoms with van der Waals surface area (Å²) in [6, 6.07) is 0. The van der Waals surface area contributed by atoms with Crippen LogP contribution < -0.4 is 16.0 Å². The lowest BCUT2D eigenvalue weighted by Gasteiger charge is -2.12. The largest absolute Gasteiger partial charge is 0.381 e. The second kappa shape index (κ2) is 63.1. The Labute approximate surface area is 468 Å². The third-order valence-corrected chi connectivity index (χ3v) is 15.3. The molecule has 3 N–H and O–H groups in total. The molecule has 0 aliphatic heterocycles. The van der Waals surface area contributed by atoms with E-state index in [9.17, 15) is 0 Å². The van der Waals surface area contributed by atoms with Crippen LogP contribution in [0.5, 0.6) is 0 Å². The number of nitrogens with one attached hydrogen (secondary N) is 3. The summed E-state index contributed by atoms with van der Waals surface area (Å²) >= 11 is 0. The van der Waals surface area contributed by atoms with Crippen LogP contribution in [-0.2, 0) is 14.2 Å². The molecule has 1 rings (SSSR count). The summed E-state index contributed by atoms with van der Waals surface area (Å²) in [7, 11) is 0. The van der Waals surface area contributed by atoms with Gasteiger partial charge in [0.2, 0.25) is 17.8 Å². The number of hydrogen-bond acceptors (Lipinski definition) is 9. The highest BCUT2D eigenvalue weighted by molar-refractivity contribution is 5.42. The van der Waals surface area contributed by atoms with Crippen molar-refractivity contribution < 1.29 is 14.2 Å². The maximum atomic E-state index is 6.00. The topological polar surface area (TPSA) is 102 Å². The van der Waals surface area contributed by atoms with Gasteiger partial charge < -0.3 is 30.2 Å². The summed E-state index contributed by atoms with van der Waals surface area (Å²) in [6.45, 7) is 14.0. The molecule has 0 aliphatic rings. The number of unbranched alkanes of at least 4 members (excludes halogenated alkanes) is 45. The van der Waals surface area contributed by atoms with Crippen LogP contribution in [0.2, 0.25) is 0 Å². The number of ether oxygens (including phenoxy) is 3. The second-order valence-electron chi connectivity index (χ2n) is 22.9. The molecule has 9 heteroatoms. The summed E-state index contributed by atoms with van der Waals surface area (Å²) in [5.41, 5.74) is 0. The molecule has 0 aromatic carbocycles. The highest BCUT2D eigenvalue weighted by Crippen LogP contribution is 2.18. The molecular formula is C66H132N6O3. The van der Waals surface area contributed by atoms with E-state index >= 15 is 0 Å². The van der Waals surface area contributed by atoms with Gasteiger partial charge in [-0.25, -0.2) is 0 Å². The summed E-state index contributed by atoms with van der Waals surface area (Å²) in [5, 5.41) is 10.3. The molecule has 0 saturated carbocycles. The number of nitrogens with zero attached hydrogens (tertiary/aromatic N) is 3. The van der Waals surface area contributed by atoms with Gasteiger partial charge in [-0.05, 0) is 38.5 Å². The Kier molecular flexibility index (Phi) is 60.0.